The molecule has 6 nitrogen and oxygen atoms in total. The SMILES string of the molecule is Cc1cc(C(F)(F)F)cc(OC(F)F)c1-c1nnc(N[C@@H]2CCCN(C)C2)n2cccc12. The zero-order valence-corrected chi connectivity index (χ0v) is 17.5. The van der Waals surface area contributed by atoms with Crippen molar-refractivity contribution in [3.05, 3.63) is 41.6 Å². The maximum Gasteiger partial charge on any atom is 0.416 e. The molecule has 32 heavy (non-hydrogen) atoms. The molecule has 4 rings (SSSR count). The van der Waals surface area contributed by atoms with Crippen molar-refractivity contribution in [2.45, 2.75) is 38.6 Å². The third-order valence-corrected chi connectivity index (χ3v) is 5.50. The van der Waals surface area contributed by atoms with Crippen LogP contribution >= 0.6 is 0 Å². The first-order valence-corrected chi connectivity index (χ1v) is 10.1. The van der Waals surface area contributed by atoms with Crippen molar-refractivity contribution in [2.24, 2.45) is 0 Å². The van der Waals surface area contributed by atoms with Gasteiger partial charge in [-0.25, -0.2) is 0 Å². The van der Waals surface area contributed by atoms with Crippen LogP contribution in [0.2, 0.25) is 0 Å². The molecular formula is C21H22F5N5O. The Morgan fingerprint density at radius 3 is 2.69 bits per heavy atom. The smallest absolute Gasteiger partial charge is 0.416 e. The van der Waals surface area contributed by atoms with Crippen LogP contribution in [0.15, 0.2) is 30.5 Å². The molecule has 2 aromatic heterocycles. The van der Waals surface area contributed by atoms with Crippen LogP contribution in [0.3, 0.4) is 0 Å². The predicted molar refractivity (Wildman–Crippen MR) is 109 cm³/mol. The molecule has 1 aliphatic rings. The number of likely N-dealkylation sites (tertiary alicyclic amines) is 1. The molecule has 3 aromatic rings. The van der Waals surface area contributed by atoms with Crippen molar-refractivity contribution < 1.29 is 26.7 Å². The fourth-order valence-electron chi connectivity index (χ4n) is 4.11. The highest BCUT2D eigenvalue weighted by molar-refractivity contribution is 5.83. The first-order valence-electron chi connectivity index (χ1n) is 10.1. The molecule has 0 amide bonds. The van der Waals surface area contributed by atoms with Gasteiger partial charge in [-0.2, -0.15) is 22.0 Å². The summed E-state index contributed by atoms with van der Waals surface area (Å²) in [4.78, 5) is 2.20. The van der Waals surface area contributed by atoms with Crippen LogP contribution in [-0.2, 0) is 6.18 Å². The lowest BCUT2D eigenvalue weighted by atomic mass is 10.00. The lowest BCUT2D eigenvalue weighted by molar-refractivity contribution is -0.138. The first kappa shape index (κ1) is 22.3. The largest absolute Gasteiger partial charge is 0.434 e. The molecule has 1 fully saturated rings. The molecule has 0 radical (unpaired) electrons. The number of ether oxygens (including phenoxy) is 1. The lowest BCUT2D eigenvalue weighted by Crippen LogP contribution is -2.40. The van der Waals surface area contributed by atoms with Crippen molar-refractivity contribution in [1.29, 1.82) is 0 Å². The van der Waals surface area contributed by atoms with E-state index in [9.17, 15) is 22.0 Å². The number of nitrogens with one attached hydrogen (secondary N) is 1. The predicted octanol–water partition coefficient (Wildman–Crippen LogP) is 4.83. The van der Waals surface area contributed by atoms with Gasteiger partial charge < -0.3 is 15.0 Å². The van der Waals surface area contributed by atoms with Gasteiger partial charge in [0.25, 0.3) is 0 Å². The van der Waals surface area contributed by atoms with Crippen LogP contribution in [0.25, 0.3) is 16.8 Å². The second kappa shape index (κ2) is 8.53. The summed E-state index contributed by atoms with van der Waals surface area (Å²) in [6.45, 7) is -0.0523. The summed E-state index contributed by atoms with van der Waals surface area (Å²) < 4.78 is 72.0. The van der Waals surface area contributed by atoms with Crippen molar-refractivity contribution in [2.75, 3.05) is 25.5 Å². The monoisotopic (exact) mass is 455 g/mol. The van der Waals surface area contributed by atoms with Gasteiger partial charge in [-0.05, 0) is 63.2 Å². The van der Waals surface area contributed by atoms with E-state index in [1.807, 2.05) is 7.05 Å². The van der Waals surface area contributed by atoms with Gasteiger partial charge in [0.15, 0.2) is 0 Å². The molecular weight excluding hydrogens is 433 g/mol. The molecule has 1 aliphatic heterocycles. The zero-order chi connectivity index (χ0) is 23.0. The number of aromatic nitrogens is 3. The van der Waals surface area contributed by atoms with E-state index in [4.69, 9.17) is 0 Å². The summed E-state index contributed by atoms with van der Waals surface area (Å²) in [5, 5.41) is 11.8. The zero-order valence-electron chi connectivity index (χ0n) is 17.5. The third-order valence-electron chi connectivity index (χ3n) is 5.50. The Kier molecular flexibility index (Phi) is 5.93. The van der Waals surface area contributed by atoms with Gasteiger partial charge in [-0.1, -0.05) is 0 Å². The Labute approximate surface area is 181 Å². The Morgan fingerprint density at radius 1 is 1.22 bits per heavy atom. The molecule has 11 heteroatoms. The minimum atomic E-state index is -4.71. The summed E-state index contributed by atoms with van der Waals surface area (Å²) in [6.07, 6.45) is -0.982. The Hall–Kier alpha value is -2.95. The lowest BCUT2D eigenvalue weighted by Gasteiger charge is -2.30. The van der Waals surface area contributed by atoms with Gasteiger partial charge in [0, 0.05) is 24.3 Å². The quantitative estimate of drug-likeness (QED) is 0.559. The minimum Gasteiger partial charge on any atom is -0.434 e. The Balaban J connectivity index is 1.79. The summed E-state index contributed by atoms with van der Waals surface area (Å²) >= 11 is 0. The van der Waals surface area contributed by atoms with Crippen LogP contribution in [0.4, 0.5) is 27.9 Å². The number of piperidine rings is 1. The topological polar surface area (TPSA) is 54.7 Å². The molecule has 0 aliphatic carbocycles. The van der Waals surface area contributed by atoms with E-state index < -0.39 is 24.1 Å². The van der Waals surface area contributed by atoms with Crippen LogP contribution in [0.5, 0.6) is 5.75 Å². The van der Waals surface area contributed by atoms with Gasteiger partial charge in [-0.3, -0.25) is 4.40 Å². The molecule has 0 bridgehead atoms. The normalized spacial score (nSPS) is 17.8. The van der Waals surface area contributed by atoms with Crippen LogP contribution in [0, 0.1) is 6.92 Å². The molecule has 172 valence electrons. The first-order chi connectivity index (χ1) is 15.1. The van der Waals surface area contributed by atoms with E-state index in [0.29, 0.717) is 17.5 Å². The van der Waals surface area contributed by atoms with E-state index in [1.165, 1.54) is 6.92 Å². The third kappa shape index (κ3) is 4.47. The molecule has 1 N–H and O–H groups in total. The Morgan fingerprint density at radius 2 is 2.00 bits per heavy atom. The van der Waals surface area contributed by atoms with Crippen molar-refractivity contribution in [3.8, 4) is 17.0 Å². The summed E-state index contributed by atoms with van der Waals surface area (Å²) in [7, 11) is 2.03. The molecule has 0 saturated carbocycles. The standard InChI is InChI=1S/C21H22F5N5O/c1-12-9-13(21(24,25)26)10-16(32-19(22)23)17(12)18-15-6-4-8-31(15)20(29-28-18)27-14-5-3-7-30(2)11-14/h4,6,8-10,14,19H,3,5,7,11H2,1-2H3,(H,27,29)/t14-/m1/s1. The maximum absolute atomic E-state index is 13.2. The van der Waals surface area contributed by atoms with E-state index in [2.05, 4.69) is 25.2 Å². The maximum atomic E-state index is 13.2. The van der Waals surface area contributed by atoms with E-state index >= 15 is 0 Å². The van der Waals surface area contributed by atoms with E-state index in [0.717, 1.165) is 32.0 Å². The highest BCUT2D eigenvalue weighted by Crippen LogP contribution is 2.41. The number of fused-ring (bicyclic) bond motifs is 1. The molecule has 0 unspecified atom stereocenters. The van der Waals surface area contributed by atoms with Crippen molar-refractivity contribution in [3.63, 3.8) is 0 Å². The van der Waals surface area contributed by atoms with Crippen molar-refractivity contribution >= 4 is 11.5 Å². The molecule has 1 aromatic carbocycles. The number of halogens is 5. The number of nitrogens with zero attached hydrogens (tertiary/aromatic N) is 4. The van der Waals surface area contributed by atoms with Gasteiger partial charge >= 0.3 is 12.8 Å². The number of hydrogen-bond donors (Lipinski definition) is 1. The molecule has 1 atom stereocenters. The summed E-state index contributed by atoms with van der Waals surface area (Å²) in [5.41, 5.74) is -0.272. The summed E-state index contributed by atoms with van der Waals surface area (Å²) in [6, 6.07) is 5.04. The van der Waals surface area contributed by atoms with E-state index in [1.54, 1.807) is 22.7 Å². The number of aryl methyl sites for hydroxylation is 1. The van der Waals surface area contributed by atoms with Gasteiger partial charge in [0.2, 0.25) is 5.95 Å². The van der Waals surface area contributed by atoms with Gasteiger partial charge in [0.1, 0.15) is 11.4 Å². The fraction of sp³-hybridized carbons (Fsp3) is 0.429. The molecule has 1 saturated heterocycles. The minimum absolute atomic E-state index is 0.0402. The van der Waals surface area contributed by atoms with Crippen LogP contribution in [-0.4, -0.2) is 52.3 Å². The van der Waals surface area contributed by atoms with Crippen molar-refractivity contribution in [1.82, 2.24) is 19.5 Å². The number of likely N-dealkylation sites (N-methyl/N-ethyl adjacent to an activating group) is 1. The second-order valence-electron chi connectivity index (χ2n) is 7.92. The van der Waals surface area contributed by atoms with Gasteiger partial charge in [-0.15, -0.1) is 10.2 Å². The molecule has 3 heterocycles. The fourth-order valence-corrected chi connectivity index (χ4v) is 4.11. The summed E-state index contributed by atoms with van der Waals surface area (Å²) in [5.74, 6) is -0.130. The molecule has 0 spiro atoms. The van der Waals surface area contributed by atoms with Crippen LogP contribution in [0.1, 0.15) is 24.0 Å². The Bertz CT molecular complexity index is 1110. The highest BCUT2D eigenvalue weighted by atomic mass is 19.4. The number of anilines is 1. The van der Waals surface area contributed by atoms with E-state index in [-0.39, 0.29) is 22.9 Å². The number of benzene rings is 1. The average Bonchev–Trinajstić information content (AvgIpc) is 3.18. The van der Waals surface area contributed by atoms with Crippen LogP contribution < -0.4 is 10.1 Å². The second-order valence-corrected chi connectivity index (χ2v) is 7.92. The number of hydrogen-bond acceptors (Lipinski definition) is 5. The highest BCUT2D eigenvalue weighted by Gasteiger charge is 2.33. The van der Waals surface area contributed by atoms with Gasteiger partial charge in [0.05, 0.1) is 11.1 Å². The number of alkyl halides is 5. The average molecular weight is 455 g/mol. The number of rotatable bonds is 5.